The highest BCUT2D eigenvalue weighted by molar-refractivity contribution is 6.20. The maximum atomic E-state index is 13.6. The molecule has 0 radical (unpaired) electrons. The molecule has 0 aliphatic heterocycles. The van der Waals surface area contributed by atoms with Crippen molar-refractivity contribution in [3.05, 3.63) is 35.4 Å². The summed E-state index contributed by atoms with van der Waals surface area (Å²) in [6.07, 6.45) is -4.58. The molecule has 1 aromatic heterocycles. The van der Waals surface area contributed by atoms with E-state index < -0.39 is 28.6 Å². The zero-order chi connectivity index (χ0) is 14.2. The maximum Gasteiger partial charge on any atom is 0.416 e. The zero-order valence-corrected chi connectivity index (χ0v) is 10.2. The molecule has 1 unspecified atom stereocenters. The molecule has 0 bridgehead atoms. The van der Waals surface area contributed by atoms with Gasteiger partial charge >= 0.3 is 6.18 Å². The summed E-state index contributed by atoms with van der Waals surface area (Å²) in [6.45, 7) is 1.52. The predicted molar refractivity (Wildman–Crippen MR) is 58.4 cm³/mol. The average Bonchev–Trinajstić information content (AvgIpc) is 2.76. The van der Waals surface area contributed by atoms with Crippen LogP contribution < -0.4 is 0 Å². The number of nitrogens with zero attached hydrogens (tertiary/aromatic N) is 4. The Morgan fingerprint density at radius 1 is 1.32 bits per heavy atom. The number of benzene rings is 1. The lowest BCUT2D eigenvalue weighted by atomic mass is 10.2. The van der Waals surface area contributed by atoms with Crippen LogP contribution in [0.25, 0.3) is 5.69 Å². The quantitative estimate of drug-likeness (QED) is 0.631. The van der Waals surface area contributed by atoms with Crippen LogP contribution >= 0.6 is 11.6 Å². The Bertz CT molecular complexity index is 593. The molecule has 2 aromatic rings. The fraction of sp³-hybridized carbons (Fsp3) is 0.300. The van der Waals surface area contributed by atoms with Crippen LogP contribution in [0.4, 0.5) is 17.6 Å². The zero-order valence-electron chi connectivity index (χ0n) is 9.49. The van der Waals surface area contributed by atoms with Crippen molar-refractivity contribution in [3.63, 3.8) is 0 Å². The first-order valence-corrected chi connectivity index (χ1v) is 5.54. The first-order chi connectivity index (χ1) is 8.80. The van der Waals surface area contributed by atoms with E-state index in [9.17, 15) is 17.6 Å². The van der Waals surface area contributed by atoms with Crippen LogP contribution in [0, 0.1) is 5.82 Å². The van der Waals surface area contributed by atoms with Gasteiger partial charge in [0, 0.05) is 0 Å². The summed E-state index contributed by atoms with van der Waals surface area (Å²) in [4.78, 5) is 0. The number of alkyl halides is 4. The van der Waals surface area contributed by atoms with Gasteiger partial charge in [0.2, 0.25) is 0 Å². The van der Waals surface area contributed by atoms with E-state index in [1.54, 1.807) is 0 Å². The summed E-state index contributed by atoms with van der Waals surface area (Å²) >= 11 is 5.77. The van der Waals surface area contributed by atoms with Gasteiger partial charge in [0.25, 0.3) is 0 Å². The maximum absolute atomic E-state index is 13.6. The van der Waals surface area contributed by atoms with Crippen LogP contribution in [0.5, 0.6) is 0 Å². The van der Waals surface area contributed by atoms with E-state index in [0.29, 0.717) is 18.2 Å². The Kier molecular flexibility index (Phi) is 3.44. The van der Waals surface area contributed by atoms with E-state index >= 15 is 0 Å². The summed E-state index contributed by atoms with van der Waals surface area (Å²) < 4.78 is 52.3. The lowest BCUT2D eigenvalue weighted by Gasteiger charge is -2.11. The van der Waals surface area contributed by atoms with Gasteiger partial charge in [-0.2, -0.15) is 17.9 Å². The molecule has 0 aliphatic carbocycles. The molecule has 9 heteroatoms. The highest BCUT2D eigenvalue weighted by Gasteiger charge is 2.32. The lowest BCUT2D eigenvalue weighted by molar-refractivity contribution is -0.137. The molecule has 2 rings (SSSR count). The van der Waals surface area contributed by atoms with Gasteiger partial charge in [0.15, 0.2) is 5.82 Å². The third-order valence-electron chi connectivity index (χ3n) is 2.35. The van der Waals surface area contributed by atoms with Crippen molar-refractivity contribution in [3.8, 4) is 5.69 Å². The normalized spacial score (nSPS) is 13.6. The van der Waals surface area contributed by atoms with Crippen molar-refractivity contribution < 1.29 is 17.6 Å². The van der Waals surface area contributed by atoms with Crippen LogP contribution in [0.2, 0.25) is 0 Å². The first-order valence-electron chi connectivity index (χ1n) is 5.10. The van der Waals surface area contributed by atoms with Crippen molar-refractivity contribution in [1.29, 1.82) is 0 Å². The van der Waals surface area contributed by atoms with Crippen LogP contribution in [0.1, 0.15) is 23.7 Å². The minimum absolute atomic E-state index is 0.0555. The minimum Gasteiger partial charge on any atom is -0.205 e. The lowest BCUT2D eigenvalue weighted by Crippen LogP contribution is -2.10. The molecule has 1 heterocycles. The standard InChI is InChI=1S/C10H7ClF4N4/c1-5(11)9-16-17-18-19(9)8-4-6(10(13,14)15)2-3-7(8)12/h2-5H,1H3. The SMILES string of the molecule is CC(Cl)c1nnnn1-c1cc(C(F)(F)F)ccc1F. The topological polar surface area (TPSA) is 43.6 Å². The van der Waals surface area contributed by atoms with Crippen LogP contribution in [-0.4, -0.2) is 20.2 Å². The second-order valence-corrected chi connectivity index (χ2v) is 4.38. The van der Waals surface area contributed by atoms with Crippen LogP contribution in [0.3, 0.4) is 0 Å². The predicted octanol–water partition coefficient (Wildman–Crippen LogP) is 3.12. The molecule has 0 spiro atoms. The van der Waals surface area contributed by atoms with Crippen molar-refractivity contribution >= 4 is 11.6 Å². The van der Waals surface area contributed by atoms with Gasteiger partial charge in [-0.25, -0.2) is 4.39 Å². The number of tetrazole rings is 1. The fourth-order valence-electron chi connectivity index (χ4n) is 1.46. The molecule has 0 saturated carbocycles. The molecular weight excluding hydrogens is 288 g/mol. The van der Waals surface area contributed by atoms with Gasteiger partial charge < -0.3 is 0 Å². The number of rotatable bonds is 2. The summed E-state index contributed by atoms with van der Waals surface area (Å²) in [6, 6.07) is 1.99. The van der Waals surface area contributed by atoms with Gasteiger partial charge in [-0.15, -0.1) is 16.7 Å². The Morgan fingerprint density at radius 3 is 2.58 bits per heavy atom. The van der Waals surface area contributed by atoms with Crippen molar-refractivity contribution in [2.45, 2.75) is 18.5 Å². The average molecular weight is 295 g/mol. The molecule has 1 aromatic carbocycles. The number of aromatic nitrogens is 4. The van der Waals surface area contributed by atoms with E-state index in [1.807, 2.05) is 0 Å². The highest BCUT2D eigenvalue weighted by Crippen LogP contribution is 2.31. The second-order valence-electron chi connectivity index (χ2n) is 3.73. The van der Waals surface area contributed by atoms with E-state index in [4.69, 9.17) is 11.6 Å². The Labute approximate surface area is 110 Å². The van der Waals surface area contributed by atoms with E-state index in [-0.39, 0.29) is 5.82 Å². The van der Waals surface area contributed by atoms with Crippen LogP contribution in [0.15, 0.2) is 18.2 Å². The molecule has 4 nitrogen and oxygen atoms in total. The summed E-state index contributed by atoms with van der Waals surface area (Å²) in [5, 5.41) is 9.61. The van der Waals surface area contributed by atoms with Gasteiger partial charge in [0.05, 0.1) is 10.9 Å². The second kappa shape index (κ2) is 4.76. The van der Waals surface area contributed by atoms with Gasteiger partial charge in [-0.3, -0.25) is 0 Å². The molecule has 0 saturated heterocycles. The molecule has 1 atom stereocenters. The fourth-order valence-corrected chi connectivity index (χ4v) is 1.60. The summed E-state index contributed by atoms with van der Waals surface area (Å²) in [7, 11) is 0. The molecular formula is C10H7ClF4N4. The molecule has 0 N–H and O–H groups in total. The molecule has 0 fully saturated rings. The molecule has 0 aliphatic rings. The van der Waals surface area contributed by atoms with Crippen molar-refractivity contribution in [2.24, 2.45) is 0 Å². The number of hydrogen-bond acceptors (Lipinski definition) is 3. The Balaban J connectivity index is 2.58. The summed E-state index contributed by atoms with van der Waals surface area (Å²) in [5.41, 5.74) is -1.39. The molecule has 102 valence electrons. The van der Waals surface area contributed by atoms with E-state index in [1.165, 1.54) is 6.92 Å². The Morgan fingerprint density at radius 2 is 2.00 bits per heavy atom. The monoisotopic (exact) mass is 294 g/mol. The Hall–Kier alpha value is -1.70. The van der Waals surface area contributed by atoms with Gasteiger partial charge in [-0.1, -0.05) is 0 Å². The highest BCUT2D eigenvalue weighted by atomic mass is 35.5. The van der Waals surface area contributed by atoms with Crippen molar-refractivity contribution in [1.82, 2.24) is 20.2 Å². The molecule has 0 amide bonds. The third kappa shape index (κ3) is 2.67. The first kappa shape index (κ1) is 13.7. The van der Waals surface area contributed by atoms with E-state index in [2.05, 4.69) is 15.5 Å². The molecule has 19 heavy (non-hydrogen) atoms. The minimum atomic E-state index is -4.58. The van der Waals surface area contributed by atoms with Crippen LogP contribution in [-0.2, 0) is 6.18 Å². The smallest absolute Gasteiger partial charge is 0.205 e. The van der Waals surface area contributed by atoms with Crippen molar-refractivity contribution in [2.75, 3.05) is 0 Å². The van der Waals surface area contributed by atoms with E-state index in [0.717, 1.165) is 4.68 Å². The largest absolute Gasteiger partial charge is 0.416 e. The third-order valence-corrected chi connectivity index (χ3v) is 2.55. The summed E-state index contributed by atoms with van der Waals surface area (Å²) in [5.74, 6) is -0.821. The number of hydrogen-bond donors (Lipinski definition) is 0. The van der Waals surface area contributed by atoms with Gasteiger partial charge in [-0.05, 0) is 35.5 Å². The number of halogens is 5. The van der Waals surface area contributed by atoms with Gasteiger partial charge in [0.1, 0.15) is 11.5 Å².